The van der Waals surface area contributed by atoms with Gasteiger partial charge in [0, 0.05) is 28.4 Å². The third-order valence-corrected chi connectivity index (χ3v) is 3.80. The Hall–Kier alpha value is -1.76. The molecule has 98 valence electrons. The van der Waals surface area contributed by atoms with E-state index >= 15 is 0 Å². The van der Waals surface area contributed by atoms with Gasteiger partial charge in [0.05, 0.1) is 0 Å². The molecule has 0 N–H and O–H groups in total. The zero-order chi connectivity index (χ0) is 13.4. The largest absolute Gasteiger partial charge is 0.341 e. The highest BCUT2D eigenvalue weighted by molar-refractivity contribution is 6.08. The Labute approximate surface area is 114 Å². The van der Waals surface area contributed by atoms with Crippen molar-refractivity contribution in [3.05, 3.63) is 48.0 Å². The van der Waals surface area contributed by atoms with Gasteiger partial charge >= 0.3 is 0 Å². The lowest BCUT2D eigenvalue weighted by Gasteiger charge is -2.06. The van der Waals surface area contributed by atoms with Gasteiger partial charge in [-0.3, -0.25) is 0 Å². The van der Waals surface area contributed by atoms with Gasteiger partial charge in [-0.2, -0.15) is 0 Å². The van der Waals surface area contributed by atoms with Gasteiger partial charge in [-0.05, 0) is 43.0 Å². The minimum Gasteiger partial charge on any atom is -0.341 e. The van der Waals surface area contributed by atoms with E-state index in [0.717, 1.165) is 13.0 Å². The van der Waals surface area contributed by atoms with Crippen LogP contribution < -0.4 is 0 Å². The smallest absolute Gasteiger partial charge is 0.0491 e. The van der Waals surface area contributed by atoms with Crippen LogP contribution in [0.25, 0.3) is 21.8 Å². The van der Waals surface area contributed by atoms with E-state index < -0.39 is 0 Å². The second kappa shape index (κ2) is 4.73. The number of benzene rings is 2. The van der Waals surface area contributed by atoms with E-state index in [1.165, 1.54) is 27.4 Å². The van der Waals surface area contributed by atoms with Crippen LogP contribution in [0.2, 0.25) is 0 Å². The van der Waals surface area contributed by atoms with Gasteiger partial charge in [0.25, 0.3) is 0 Å². The lowest BCUT2D eigenvalue weighted by atomic mass is 10.0. The predicted molar refractivity (Wildman–Crippen MR) is 83.7 cm³/mol. The van der Waals surface area contributed by atoms with E-state index in [1.807, 2.05) is 0 Å². The van der Waals surface area contributed by atoms with E-state index in [2.05, 4.69) is 67.8 Å². The maximum atomic E-state index is 2.41. The summed E-state index contributed by atoms with van der Waals surface area (Å²) >= 11 is 0. The first-order chi connectivity index (χ1) is 9.20. The zero-order valence-corrected chi connectivity index (χ0v) is 12.0. The van der Waals surface area contributed by atoms with Gasteiger partial charge in [0.2, 0.25) is 0 Å². The molecule has 0 fully saturated rings. The standard InChI is InChI=1S/C18H21N/c1-4-19-17-8-6-5-7-15(17)16-12-14(11-13(2)3)9-10-18(16)19/h5-10,12-13H,4,11H2,1-3H3. The summed E-state index contributed by atoms with van der Waals surface area (Å²) in [7, 11) is 0. The van der Waals surface area contributed by atoms with E-state index in [-0.39, 0.29) is 0 Å². The summed E-state index contributed by atoms with van der Waals surface area (Å²) in [6.07, 6.45) is 1.15. The summed E-state index contributed by atoms with van der Waals surface area (Å²) in [5.41, 5.74) is 4.15. The molecule has 0 bridgehead atoms. The molecule has 0 saturated heterocycles. The van der Waals surface area contributed by atoms with Gasteiger partial charge < -0.3 is 4.57 Å². The molecule has 0 aliphatic heterocycles. The van der Waals surface area contributed by atoms with Crippen molar-refractivity contribution in [2.45, 2.75) is 33.7 Å². The number of hydrogen-bond acceptors (Lipinski definition) is 0. The van der Waals surface area contributed by atoms with E-state index in [9.17, 15) is 0 Å². The fraction of sp³-hybridized carbons (Fsp3) is 0.333. The minimum absolute atomic E-state index is 0.706. The Bertz CT molecular complexity index is 719. The average Bonchev–Trinajstić information content (AvgIpc) is 2.71. The van der Waals surface area contributed by atoms with Crippen molar-refractivity contribution in [1.82, 2.24) is 4.57 Å². The lowest BCUT2D eigenvalue weighted by Crippen LogP contribution is -1.95. The van der Waals surface area contributed by atoms with Crippen molar-refractivity contribution in [2.75, 3.05) is 0 Å². The van der Waals surface area contributed by atoms with E-state index in [4.69, 9.17) is 0 Å². The molecule has 0 saturated carbocycles. The van der Waals surface area contributed by atoms with Gasteiger partial charge in [0.1, 0.15) is 0 Å². The normalized spacial score (nSPS) is 11.8. The Morgan fingerprint density at radius 3 is 2.42 bits per heavy atom. The molecule has 19 heavy (non-hydrogen) atoms. The lowest BCUT2D eigenvalue weighted by molar-refractivity contribution is 0.648. The number of aryl methyl sites for hydroxylation is 1. The van der Waals surface area contributed by atoms with E-state index in [0.29, 0.717) is 5.92 Å². The minimum atomic E-state index is 0.706. The van der Waals surface area contributed by atoms with Crippen LogP contribution >= 0.6 is 0 Å². The number of para-hydroxylation sites is 1. The highest BCUT2D eigenvalue weighted by atomic mass is 15.0. The summed E-state index contributed by atoms with van der Waals surface area (Å²) < 4.78 is 2.41. The molecule has 0 atom stereocenters. The Balaban J connectivity index is 2.30. The second-order valence-corrected chi connectivity index (χ2v) is 5.71. The predicted octanol–water partition coefficient (Wildman–Crippen LogP) is 5.01. The zero-order valence-electron chi connectivity index (χ0n) is 12.0. The van der Waals surface area contributed by atoms with Crippen molar-refractivity contribution < 1.29 is 0 Å². The van der Waals surface area contributed by atoms with Crippen molar-refractivity contribution in [1.29, 1.82) is 0 Å². The molecule has 0 aliphatic rings. The van der Waals surface area contributed by atoms with Crippen molar-refractivity contribution in [3.8, 4) is 0 Å². The fourth-order valence-corrected chi connectivity index (χ4v) is 3.04. The number of rotatable bonds is 3. The molecule has 1 heteroatoms. The van der Waals surface area contributed by atoms with Crippen molar-refractivity contribution in [3.63, 3.8) is 0 Å². The molecule has 0 radical (unpaired) electrons. The molecule has 1 aromatic heterocycles. The summed E-state index contributed by atoms with van der Waals surface area (Å²) in [6, 6.07) is 15.7. The molecular weight excluding hydrogens is 230 g/mol. The fourth-order valence-electron chi connectivity index (χ4n) is 3.04. The summed E-state index contributed by atoms with van der Waals surface area (Å²) in [5, 5.41) is 2.78. The molecule has 2 aromatic carbocycles. The SMILES string of the molecule is CCn1c2ccccc2c2cc(CC(C)C)ccc21. The Morgan fingerprint density at radius 2 is 1.68 bits per heavy atom. The third kappa shape index (κ3) is 2.03. The molecule has 3 rings (SSSR count). The average molecular weight is 251 g/mol. The molecule has 1 heterocycles. The van der Waals surface area contributed by atoms with E-state index in [1.54, 1.807) is 0 Å². The highest BCUT2D eigenvalue weighted by Gasteiger charge is 2.09. The molecule has 3 aromatic rings. The molecule has 1 nitrogen and oxygen atoms in total. The number of hydrogen-bond donors (Lipinski definition) is 0. The molecule has 0 spiro atoms. The summed E-state index contributed by atoms with van der Waals surface area (Å²) in [4.78, 5) is 0. The third-order valence-electron chi connectivity index (χ3n) is 3.80. The van der Waals surface area contributed by atoms with Gasteiger partial charge in [0.15, 0.2) is 0 Å². The first-order valence-corrected chi connectivity index (χ1v) is 7.20. The highest BCUT2D eigenvalue weighted by Crippen LogP contribution is 2.30. The summed E-state index contributed by atoms with van der Waals surface area (Å²) in [6.45, 7) is 7.79. The van der Waals surface area contributed by atoms with Crippen molar-refractivity contribution in [2.24, 2.45) is 5.92 Å². The topological polar surface area (TPSA) is 4.93 Å². The maximum absolute atomic E-state index is 2.41. The van der Waals surface area contributed by atoms with Crippen LogP contribution in [-0.4, -0.2) is 4.57 Å². The van der Waals surface area contributed by atoms with Crippen LogP contribution in [0.3, 0.4) is 0 Å². The molecule has 0 unspecified atom stereocenters. The van der Waals surface area contributed by atoms with Crippen LogP contribution in [0.4, 0.5) is 0 Å². The van der Waals surface area contributed by atoms with Gasteiger partial charge in [-0.15, -0.1) is 0 Å². The van der Waals surface area contributed by atoms with Gasteiger partial charge in [-0.1, -0.05) is 38.1 Å². The Kier molecular flexibility index (Phi) is 3.06. The molecule has 0 amide bonds. The van der Waals surface area contributed by atoms with Crippen LogP contribution in [0.15, 0.2) is 42.5 Å². The number of aromatic nitrogens is 1. The monoisotopic (exact) mass is 251 g/mol. The second-order valence-electron chi connectivity index (χ2n) is 5.71. The Morgan fingerprint density at radius 1 is 0.947 bits per heavy atom. The van der Waals surface area contributed by atoms with Crippen LogP contribution in [-0.2, 0) is 13.0 Å². The number of nitrogens with zero attached hydrogens (tertiary/aromatic N) is 1. The first kappa shape index (κ1) is 12.3. The maximum Gasteiger partial charge on any atom is 0.0491 e. The molecular formula is C18H21N. The van der Waals surface area contributed by atoms with Crippen LogP contribution in [0, 0.1) is 5.92 Å². The van der Waals surface area contributed by atoms with Gasteiger partial charge in [-0.25, -0.2) is 0 Å². The quantitative estimate of drug-likeness (QED) is 0.616. The molecule has 0 aliphatic carbocycles. The van der Waals surface area contributed by atoms with Crippen LogP contribution in [0.5, 0.6) is 0 Å². The summed E-state index contributed by atoms with van der Waals surface area (Å²) in [5.74, 6) is 0.706. The van der Waals surface area contributed by atoms with Crippen LogP contribution in [0.1, 0.15) is 26.3 Å². The number of fused-ring (bicyclic) bond motifs is 3. The first-order valence-electron chi connectivity index (χ1n) is 7.20. The van der Waals surface area contributed by atoms with Crippen molar-refractivity contribution >= 4 is 21.8 Å².